The zero-order valence-corrected chi connectivity index (χ0v) is 45.0. The van der Waals surface area contributed by atoms with Gasteiger partial charge in [-0.15, -0.1) is 0 Å². The third kappa shape index (κ3) is 8.68. The maximum atomic E-state index is 14.5. The van der Waals surface area contributed by atoms with E-state index in [9.17, 15) is 4.79 Å². The van der Waals surface area contributed by atoms with Crippen LogP contribution in [0.1, 0.15) is 15.9 Å². The second kappa shape index (κ2) is 20.2. The number of hydrogen-bond donors (Lipinski definition) is 0. The molecule has 8 aromatic rings. The van der Waals surface area contributed by atoms with Gasteiger partial charge in [-0.2, -0.15) is 0 Å². The van der Waals surface area contributed by atoms with E-state index in [0.29, 0.717) is 0 Å². The molecule has 78 heavy (non-hydrogen) atoms. The first-order valence-electron chi connectivity index (χ1n) is 27.4. The van der Waals surface area contributed by atoms with Crippen molar-refractivity contribution >= 4 is 86.2 Å². The van der Waals surface area contributed by atoms with Gasteiger partial charge in [-0.3, -0.25) is 4.79 Å². The summed E-state index contributed by atoms with van der Waals surface area (Å²) < 4.78 is 22.8. The number of rotatable bonds is 8. The summed E-state index contributed by atoms with van der Waals surface area (Å²) >= 11 is 3.71. The Morgan fingerprint density at radius 2 is 0.551 bits per heavy atom. The molecule has 13 heteroatoms. The van der Waals surface area contributed by atoms with Gasteiger partial charge in [0, 0.05) is 117 Å². The minimum atomic E-state index is 0.0656. The molecule has 0 saturated carbocycles. The molecule has 0 bridgehead atoms. The fourth-order valence-electron chi connectivity index (χ4n) is 12.2. The van der Waals surface area contributed by atoms with Gasteiger partial charge >= 0.3 is 0 Å². The monoisotopic (exact) mass is 1070 g/mol. The maximum Gasteiger partial charge on any atom is 0.194 e. The van der Waals surface area contributed by atoms with Crippen LogP contribution in [-0.4, -0.2) is 111 Å². The molecule has 6 aliphatic heterocycles. The Hall–Kier alpha value is -7.23. The second-order valence-electron chi connectivity index (χ2n) is 20.8. The minimum absolute atomic E-state index is 0.0656. The largest absolute Gasteiger partial charge is 0.378 e. The van der Waals surface area contributed by atoms with E-state index >= 15 is 0 Å². The molecule has 7 aliphatic rings. The normalized spacial score (nSPS) is 17.8. The molecule has 390 valence electrons. The molecule has 0 aromatic heterocycles. The highest BCUT2D eigenvalue weighted by molar-refractivity contribution is 8.00. The predicted molar refractivity (Wildman–Crippen MR) is 316 cm³/mol. The quantitative estimate of drug-likeness (QED) is 0.145. The molecule has 4 saturated heterocycles. The van der Waals surface area contributed by atoms with Crippen molar-refractivity contribution in [3.63, 3.8) is 0 Å². The molecular weight excluding hydrogens is 1010 g/mol. The molecule has 4 fully saturated rings. The first-order valence-corrected chi connectivity index (χ1v) is 29.0. The van der Waals surface area contributed by atoms with Gasteiger partial charge in [0.2, 0.25) is 0 Å². The van der Waals surface area contributed by atoms with Crippen LogP contribution < -0.4 is 29.4 Å². The van der Waals surface area contributed by atoms with Crippen molar-refractivity contribution in [1.82, 2.24) is 0 Å². The SMILES string of the molecule is O=C1c2cc(-c3ccc(N4c5ccc(N6CCOCC6)cc5Sc5cc(N6CCOCC6)ccc54)cc3)ccc2-c2ccc(-c3ccc(N4c5ccc(N6CCOCC6)cc5Sc5cc(N6CCOCC6)ccc54)cc3)cc21. The highest BCUT2D eigenvalue weighted by Crippen LogP contribution is 2.55. The van der Waals surface area contributed by atoms with Crippen LogP contribution in [0, 0.1) is 0 Å². The number of fused-ring (bicyclic) bond motifs is 7. The van der Waals surface area contributed by atoms with Crippen LogP contribution in [0.25, 0.3) is 33.4 Å². The first-order chi connectivity index (χ1) is 38.5. The van der Waals surface area contributed by atoms with Crippen molar-refractivity contribution in [1.29, 1.82) is 0 Å². The van der Waals surface area contributed by atoms with Crippen molar-refractivity contribution in [2.75, 3.05) is 135 Å². The lowest BCUT2D eigenvalue weighted by atomic mass is 9.97. The van der Waals surface area contributed by atoms with Crippen molar-refractivity contribution in [3.05, 3.63) is 169 Å². The van der Waals surface area contributed by atoms with Gasteiger partial charge in [-0.1, -0.05) is 72.1 Å². The Morgan fingerprint density at radius 3 is 0.846 bits per heavy atom. The standard InChI is InChI=1S/C65H58N6O5S2/c72-65-55-37-45(43-1-7-47(8-2-43)70-57-17-11-49(66-21-29-73-30-22-66)39-61(57)77-62-40-50(12-18-58(62)70)67-23-31-74-32-24-67)5-15-53(55)54-16-6-46(38-56(54)65)44-3-9-48(10-4-44)71-59-19-13-51(68-25-33-75-34-26-68)41-63(59)78-64-42-52(14-20-60(64)71)69-27-35-76-36-28-69/h1-20,37-42H,21-36H2. The molecule has 8 aromatic carbocycles. The summed E-state index contributed by atoms with van der Waals surface area (Å²) in [6, 6.07) is 58.0. The fraction of sp³-hybridized carbons (Fsp3) is 0.246. The lowest BCUT2D eigenvalue weighted by molar-refractivity contribution is 0.104. The van der Waals surface area contributed by atoms with Crippen LogP contribution in [0.5, 0.6) is 0 Å². The zero-order valence-electron chi connectivity index (χ0n) is 43.4. The van der Waals surface area contributed by atoms with E-state index in [1.807, 2.05) is 23.5 Å². The van der Waals surface area contributed by atoms with Crippen LogP contribution in [-0.2, 0) is 18.9 Å². The third-order valence-corrected chi connectivity index (χ3v) is 18.6. The molecule has 1 aliphatic carbocycles. The van der Waals surface area contributed by atoms with Gasteiger partial charge in [-0.25, -0.2) is 0 Å². The van der Waals surface area contributed by atoms with Crippen LogP contribution in [0.4, 0.5) is 56.9 Å². The van der Waals surface area contributed by atoms with E-state index in [0.717, 1.165) is 161 Å². The highest BCUT2D eigenvalue weighted by atomic mass is 32.2. The summed E-state index contributed by atoms with van der Waals surface area (Å²) in [5.41, 5.74) is 19.4. The van der Waals surface area contributed by atoms with Gasteiger partial charge in [0.05, 0.1) is 75.6 Å². The number of ketones is 1. The van der Waals surface area contributed by atoms with Gasteiger partial charge in [0.15, 0.2) is 5.78 Å². The molecule has 15 rings (SSSR count). The molecule has 0 atom stereocenters. The minimum Gasteiger partial charge on any atom is -0.378 e. The highest BCUT2D eigenvalue weighted by Gasteiger charge is 2.32. The number of benzene rings is 8. The molecule has 0 spiro atoms. The Bertz CT molecular complexity index is 3250. The number of ether oxygens (including phenoxy) is 4. The Kier molecular flexibility index (Phi) is 12.4. The van der Waals surface area contributed by atoms with Crippen LogP contribution in [0.3, 0.4) is 0 Å². The van der Waals surface area contributed by atoms with Crippen LogP contribution in [0.15, 0.2) is 177 Å². The van der Waals surface area contributed by atoms with Gasteiger partial charge in [0.1, 0.15) is 0 Å². The average Bonchev–Trinajstić information content (AvgIpc) is 3.99. The summed E-state index contributed by atoms with van der Waals surface area (Å²) in [6.45, 7) is 13.1. The fourth-order valence-corrected chi connectivity index (χ4v) is 14.5. The van der Waals surface area contributed by atoms with Crippen molar-refractivity contribution < 1.29 is 23.7 Å². The van der Waals surface area contributed by atoms with Crippen LogP contribution >= 0.6 is 23.5 Å². The van der Waals surface area contributed by atoms with E-state index in [1.54, 1.807) is 0 Å². The number of hydrogen-bond acceptors (Lipinski definition) is 13. The van der Waals surface area contributed by atoms with Crippen LogP contribution in [0.2, 0.25) is 0 Å². The number of carbonyl (C=O) groups is 1. The van der Waals surface area contributed by atoms with E-state index in [1.165, 1.54) is 65.1 Å². The number of morpholine rings is 4. The average molecular weight is 1070 g/mol. The van der Waals surface area contributed by atoms with Crippen molar-refractivity contribution in [3.8, 4) is 33.4 Å². The maximum absolute atomic E-state index is 14.5. The van der Waals surface area contributed by atoms with Crippen molar-refractivity contribution in [2.24, 2.45) is 0 Å². The second-order valence-corrected chi connectivity index (χ2v) is 23.0. The number of anilines is 10. The zero-order chi connectivity index (χ0) is 51.7. The molecule has 6 heterocycles. The van der Waals surface area contributed by atoms with E-state index < -0.39 is 0 Å². The molecule has 0 amide bonds. The molecule has 0 N–H and O–H groups in total. The van der Waals surface area contributed by atoms with Crippen molar-refractivity contribution in [2.45, 2.75) is 19.6 Å². The molecule has 11 nitrogen and oxygen atoms in total. The molecular formula is C65H58N6O5S2. The Morgan fingerprint density at radius 1 is 0.282 bits per heavy atom. The van der Waals surface area contributed by atoms with Gasteiger partial charge in [0.25, 0.3) is 0 Å². The lowest BCUT2D eigenvalue weighted by Gasteiger charge is -2.36. The van der Waals surface area contributed by atoms with Gasteiger partial charge < -0.3 is 48.3 Å². The Balaban J connectivity index is 0.699. The number of carbonyl (C=O) groups excluding carboxylic acids is 1. The van der Waals surface area contributed by atoms with E-state index in [2.05, 4.69) is 187 Å². The summed E-state index contributed by atoms with van der Waals surface area (Å²) in [6.07, 6.45) is 0. The summed E-state index contributed by atoms with van der Waals surface area (Å²) in [4.78, 5) is 33.9. The first kappa shape index (κ1) is 47.9. The number of nitrogens with zero attached hydrogens (tertiary/aromatic N) is 6. The summed E-state index contributed by atoms with van der Waals surface area (Å²) in [5.74, 6) is 0.0656. The van der Waals surface area contributed by atoms with E-state index in [4.69, 9.17) is 18.9 Å². The topological polar surface area (TPSA) is 73.4 Å². The third-order valence-electron chi connectivity index (χ3n) is 16.4. The Labute approximate surface area is 463 Å². The molecule has 0 radical (unpaired) electrons. The van der Waals surface area contributed by atoms with E-state index in [-0.39, 0.29) is 5.78 Å². The lowest BCUT2D eigenvalue weighted by Crippen LogP contribution is -2.36. The van der Waals surface area contributed by atoms with Gasteiger partial charge in [-0.05, 0) is 143 Å². The summed E-state index contributed by atoms with van der Waals surface area (Å²) in [5, 5.41) is 0. The summed E-state index contributed by atoms with van der Waals surface area (Å²) in [7, 11) is 0. The predicted octanol–water partition coefficient (Wildman–Crippen LogP) is 13.4. The smallest absolute Gasteiger partial charge is 0.194 e. The molecule has 0 unspecified atom stereocenters.